The maximum Gasteiger partial charge on any atom is 0.0786 e. The summed E-state index contributed by atoms with van der Waals surface area (Å²) in [4.78, 5) is 0. The van der Waals surface area contributed by atoms with E-state index in [1.165, 1.54) is 101 Å². The van der Waals surface area contributed by atoms with E-state index in [1.54, 1.807) is 0 Å². The van der Waals surface area contributed by atoms with Crippen molar-refractivity contribution in [3.63, 3.8) is 0 Å². The number of hydrogen-bond acceptors (Lipinski definition) is 0. The van der Waals surface area contributed by atoms with Crippen molar-refractivity contribution in [3.8, 4) is 0 Å². The van der Waals surface area contributed by atoms with Crippen molar-refractivity contribution in [1.29, 1.82) is 0 Å². The van der Waals surface area contributed by atoms with Gasteiger partial charge in [0.25, 0.3) is 0 Å². The molecule has 0 saturated carbocycles. The van der Waals surface area contributed by atoms with Crippen molar-refractivity contribution in [2.45, 2.75) is 97.8 Å². The zero-order chi connectivity index (χ0) is 15.8. The highest BCUT2D eigenvalue weighted by Crippen LogP contribution is 2.18. The van der Waals surface area contributed by atoms with Crippen LogP contribution in [0.1, 0.15) is 97.8 Å². The highest BCUT2D eigenvalue weighted by molar-refractivity contribution is 4.52. The fourth-order valence-corrected chi connectivity index (χ4v) is 3.39. The fourth-order valence-electron chi connectivity index (χ4n) is 3.39. The first-order valence-corrected chi connectivity index (χ1v) is 9.89. The number of nitrogens with zero attached hydrogens (tertiary/aromatic N) is 1. The number of hydrogen-bond donors (Lipinski definition) is 0. The van der Waals surface area contributed by atoms with E-state index in [9.17, 15) is 0 Å². The smallest absolute Gasteiger partial charge is 0.0786 e. The van der Waals surface area contributed by atoms with Crippen LogP contribution in [0.3, 0.4) is 0 Å². The summed E-state index contributed by atoms with van der Waals surface area (Å²) in [5.74, 6) is 0. The molecule has 0 aromatic heterocycles. The van der Waals surface area contributed by atoms with Crippen LogP contribution in [-0.4, -0.2) is 30.7 Å². The maximum absolute atomic E-state index is 4.02. The van der Waals surface area contributed by atoms with Crippen LogP contribution in [0.25, 0.3) is 0 Å². The van der Waals surface area contributed by atoms with E-state index in [0.717, 1.165) is 6.42 Å². The van der Waals surface area contributed by atoms with Crippen LogP contribution >= 0.6 is 0 Å². The SMILES string of the molecule is [CH2]CCCC[N+](CCCCC)(CCCCC)CCCCC. The lowest BCUT2D eigenvalue weighted by Crippen LogP contribution is -2.50. The predicted molar refractivity (Wildman–Crippen MR) is 97.5 cm³/mol. The molecular weight excluding hydrogens is 254 g/mol. The van der Waals surface area contributed by atoms with E-state index in [4.69, 9.17) is 0 Å². The number of quaternary nitrogens is 1. The Kier molecular flexibility index (Phi) is 14.9. The van der Waals surface area contributed by atoms with E-state index in [-0.39, 0.29) is 0 Å². The van der Waals surface area contributed by atoms with Gasteiger partial charge in [-0.3, -0.25) is 0 Å². The molecule has 0 bridgehead atoms. The third-order valence-electron chi connectivity index (χ3n) is 4.84. The Morgan fingerprint density at radius 1 is 0.524 bits per heavy atom. The van der Waals surface area contributed by atoms with Crippen molar-refractivity contribution in [3.05, 3.63) is 6.92 Å². The molecule has 1 nitrogen and oxygen atoms in total. The Morgan fingerprint density at radius 3 is 1.14 bits per heavy atom. The molecule has 0 aliphatic rings. The van der Waals surface area contributed by atoms with Gasteiger partial charge in [-0.25, -0.2) is 0 Å². The van der Waals surface area contributed by atoms with E-state index in [2.05, 4.69) is 27.7 Å². The summed E-state index contributed by atoms with van der Waals surface area (Å²) in [6, 6.07) is 0. The zero-order valence-electron chi connectivity index (χ0n) is 15.5. The van der Waals surface area contributed by atoms with Gasteiger partial charge in [0, 0.05) is 0 Å². The Labute approximate surface area is 136 Å². The van der Waals surface area contributed by atoms with Crippen molar-refractivity contribution in [2.24, 2.45) is 0 Å². The van der Waals surface area contributed by atoms with E-state index in [1.807, 2.05) is 0 Å². The van der Waals surface area contributed by atoms with Gasteiger partial charge >= 0.3 is 0 Å². The summed E-state index contributed by atoms with van der Waals surface area (Å²) in [5, 5.41) is 0. The summed E-state index contributed by atoms with van der Waals surface area (Å²) >= 11 is 0. The van der Waals surface area contributed by atoms with Gasteiger partial charge in [0.2, 0.25) is 0 Å². The predicted octanol–water partition coefficient (Wildman–Crippen LogP) is 6.38. The Morgan fingerprint density at radius 2 is 0.857 bits per heavy atom. The third-order valence-corrected chi connectivity index (χ3v) is 4.84. The topological polar surface area (TPSA) is 0 Å². The Bertz CT molecular complexity index is 155. The Balaban J connectivity index is 4.52. The van der Waals surface area contributed by atoms with Crippen molar-refractivity contribution >= 4 is 0 Å². The molecule has 0 amide bonds. The maximum atomic E-state index is 4.02. The van der Waals surface area contributed by atoms with Crippen LogP contribution in [0, 0.1) is 6.92 Å². The lowest BCUT2D eigenvalue weighted by molar-refractivity contribution is -0.929. The standard InChI is InChI=1S/C20H43N/c1-5-9-13-17-21(18-14-10-6-2,19-15-11-7-3)20-16-12-8-4/h1,5-20H2,2-4H3/q+1. The van der Waals surface area contributed by atoms with Gasteiger partial charge in [-0.2, -0.15) is 0 Å². The molecular formula is C20H43N+. The van der Waals surface area contributed by atoms with Gasteiger partial charge in [-0.05, 0) is 51.4 Å². The molecule has 0 aliphatic heterocycles. The fraction of sp³-hybridized carbons (Fsp3) is 0.950. The van der Waals surface area contributed by atoms with E-state index >= 15 is 0 Å². The van der Waals surface area contributed by atoms with Gasteiger partial charge in [-0.15, -0.1) is 0 Å². The molecule has 0 unspecified atom stereocenters. The van der Waals surface area contributed by atoms with Gasteiger partial charge in [0.1, 0.15) is 0 Å². The first-order chi connectivity index (χ1) is 10.2. The summed E-state index contributed by atoms with van der Waals surface area (Å²) in [7, 11) is 0. The second-order valence-corrected chi connectivity index (χ2v) is 6.92. The third kappa shape index (κ3) is 11.2. The van der Waals surface area contributed by atoms with Crippen LogP contribution in [-0.2, 0) is 0 Å². The molecule has 0 rings (SSSR count). The van der Waals surface area contributed by atoms with Crippen LogP contribution in [0.15, 0.2) is 0 Å². The molecule has 0 aromatic carbocycles. The molecule has 21 heavy (non-hydrogen) atoms. The summed E-state index contributed by atoms with van der Waals surface area (Å²) in [6.07, 6.45) is 16.4. The lowest BCUT2D eigenvalue weighted by atomic mass is 10.1. The molecule has 0 fully saturated rings. The van der Waals surface area contributed by atoms with Gasteiger partial charge < -0.3 is 4.48 Å². The minimum atomic E-state index is 1.11. The second kappa shape index (κ2) is 14.9. The van der Waals surface area contributed by atoms with E-state index in [0.29, 0.717) is 0 Å². The van der Waals surface area contributed by atoms with E-state index < -0.39 is 0 Å². The summed E-state index contributed by atoms with van der Waals surface area (Å²) in [5.41, 5.74) is 0. The molecule has 0 saturated heterocycles. The normalized spacial score (nSPS) is 12.0. The molecule has 127 valence electrons. The molecule has 0 N–H and O–H groups in total. The van der Waals surface area contributed by atoms with Gasteiger partial charge in [0.15, 0.2) is 0 Å². The Hall–Kier alpha value is -0.0400. The molecule has 1 heteroatoms. The van der Waals surface area contributed by atoms with Gasteiger partial charge in [0.05, 0.1) is 26.2 Å². The zero-order valence-corrected chi connectivity index (χ0v) is 15.5. The number of unbranched alkanes of at least 4 members (excludes halogenated alkanes) is 8. The van der Waals surface area contributed by atoms with Crippen molar-refractivity contribution in [1.82, 2.24) is 0 Å². The highest BCUT2D eigenvalue weighted by Gasteiger charge is 2.25. The molecule has 0 spiro atoms. The monoisotopic (exact) mass is 297 g/mol. The summed E-state index contributed by atoms with van der Waals surface area (Å²) in [6.45, 7) is 16.7. The first kappa shape index (κ1) is 21.0. The van der Waals surface area contributed by atoms with Crippen LogP contribution in [0.5, 0.6) is 0 Å². The van der Waals surface area contributed by atoms with Crippen LogP contribution < -0.4 is 0 Å². The quantitative estimate of drug-likeness (QED) is 0.229. The first-order valence-electron chi connectivity index (χ1n) is 9.89. The van der Waals surface area contributed by atoms with Crippen molar-refractivity contribution in [2.75, 3.05) is 26.2 Å². The molecule has 1 radical (unpaired) electrons. The second-order valence-electron chi connectivity index (χ2n) is 6.92. The van der Waals surface area contributed by atoms with Crippen LogP contribution in [0.4, 0.5) is 0 Å². The lowest BCUT2D eigenvalue weighted by Gasteiger charge is -2.39. The minimum absolute atomic E-state index is 1.11. The average Bonchev–Trinajstić information content (AvgIpc) is 2.48. The average molecular weight is 298 g/mol. The van der Waals surface area contributed by atoms with Gasteiger partial charge in [-0.1, -0.05) is 53.4 Å². The molecule has 0 heterocycles. The summed E-state index contributed by atoms with van der Waals surface area (Å²) < 4.78 is 1.42. The van der Waals surface area contributed by atoms with Crippen LogP contribution in [0.2, 0.25) is 0 Å². The largest absolute Gasteiger partial charge is 0.324 e. The molecule has 0 aromatic rings. The molecule has 0 aliphatic carbocycles. The number of rotatable bonds is 16. The minimum Gasteiger partial charge on any atom is -0.324 e. The highest BCUT2D eigenvalue weighted by atomic mass is 15.3. The van der Waals surface area contributed by atoms with Crippen molar-refractivity contribution < 1.29 is 4.48 Å². The molecule has 0 atom stereocenters.